The molecule has 1 aliphatic heterocycles. The number of hydrogen-bond acceptors (Lipinski definition) is 3. The number of halogens is 2. The van der Waals surface area contributed by atoms with Crippen LogP contribution in [0.25, 0.3) is 40.2 Å². The molecular formula is C40H25Cl2O4+. The fourth-order valence-corrected chi connectivity index (χ4v) is 5.79. The van der Waals surface area contributed by atoms with Crippen LogP contribution in [0.15, 0.2) is 166 Å². The van der Waals surface area contributed by atoms with Crippen molar-refractivity contribution in [3.05, 3.63) is 189 Å². The molecule has 6 heteroatoms. The van der Waals surface area contributed by atoms with Crippen molar-refractivity contribution < 1.29 is 19.1 Å². The molecule has 4 aromatic carbocycles. The van der Waals surface area contributed by atoms with E-state index in [4.69, 9.17) is 32.4 Å². The molecule has 1 N–H and O–H groups in total. The van der Waals surface area contributed by atoms with Gasteiger partial charge in [-0.2, -0.15) is 0 Å². The Hall–Kier alpha value is -5.42. The van der Waals surface area contributed by atoms with Crippen molar-refractivity contribution in [2.75, 3.05) is 0 Å². The highest BCUT2D eigenvalue weighted by Crippen LogP contribution is 2.39. The van der Waals surface area contributed by atoms with Crippen LogP contribution in [0, 0.1) is 0 Å². The molecular weight excluding hydrogens is 615 g/mol. The summed E-state index contributed by atoms with van der Waals surface area (Å²) in [6, 6.07) is 37.8. The summed E-state index contributed by atoms with van der Waals surface area (Å²) < 4.78 is 12.5. The van der Waals surface area contributed by atoms with E-state index in [1.165, 1.54) is 0 Å². The normalized spacial score (nSPS) is 16.2. The van der Waals surface area contributed by atoms with Crippen molar-refractivity contribution in [2.45, 2.75) is 0 Å². The van der Waals surface area contributed by atoms with Crippen LogP contribution in [0.5, 0.6) is 0 Å². The molecule has 0 unspecified atom stereocenters. The number of hydrogen-bond donors (Lipinski definition) is 1. The first-order valence-corrected chi connectivity index (χ1v) is 15.3. The van der Waals surface area contributed by atoms with E-state index in [-0.39, 0.29) is 22.7 Å². The van der Waals surface area contributed by atoms with Gasteiger partial charge >= 0.3 is 11.5 Å². The molecule has 7 rings (SSSR count). The lowest BCUT2D eigenvalue weighted by Crippen LogP contribution is -2.21. The first-order valence-electron chi connectivity index (χ1n) is 14.6. The molecule has 5 aromatic rings. The number of aliphatic hydroxyl groups excluding tert-OH is 1. The summed E-state index contributed by atoms with van der Waals surface area (Å²) in [6.07, 6.45) is 6.99. The van der Waals surface area contributed by atoms with Crippen molar-refractivity contribution in [3.63, 3.8) is 0 Å². The predicted octanol–water partition coefficient (Wildman–Crippen LogP) is 11.0. The topological polar surface area (TPSA) is 57.8 Å². The summed E-state index contributed by atoms with van der Waals surface area (Å²) in [4.78, 5) is 13.5. The zero-order chi connectivity index (χ0) is 31.6. The van der Waals surface area contributed by atoms with Gasteiger partial charge in [-0.15, -0.1) is 0 Å². The quantitative estimate of drug-likeness (QED) is 0.148. The average molecular weight is 641 g/mol. The Morgan fingerprint density at radius 2 is 1.20 bits per heavy atom. The smallest absolute Gasteiger partial charge is 0.362 e. The first-order chi connectivity index (χ1) is 22.4. The molecule has 0 amide bonds. The largest absolute Gasteiger partial charge is 0.506 e. The van der Waals surface area contributed by atoms with Crippen molar-refractivity contribution in [1.82, 2.24) is 0 Å². The molecule has 4 nitrogen and oxygen atoms in total. The van der Waals surface area contributed by atoms with Crippen LogP contribution in [0.2, 0.25) is 10.0 Å². The summed E-state index contributed by atoms with van der Waals surface area (Å²) >= 11 is 13.0. The second kappa shape index (κ2) is 12.5. The second-order valence-corrected chi connectivity index (χ2v) is 11.5. The molecule has 0 saturated carbocycles. The molecule has 222 valence electrons. The van der Waals surface area contributed by atoms with Crippen LogP contribution in [0.3, 0.4) is 0 Å². The van der Waals surface area contributed by atoms with Crippen LogP contribution >= 0.6 is 23.2 Å². The van der Waals surface area contributed by atoms with Crippen LogP contribution < -0.4 is 0 Å². The maximum Gasteiger partial charge on any atom is 0.362 e. The molecule has 1 aliphatic carbocycles. The Kier molecular flexibility index (Phi) is 7.98. The van der Waals surface area contributed by atoms with E-state index in [0.29, 0.717) is 55.3 Å². The summed E-state index contributed by atoms with van der Waals surface area (Å²) in [5.74, 6) is 1.90. The van der Waals surface area contributed by atoms with Gasteiger partial charge in [0.15, 0.2) is 0 Å². The molecule has 0 fully saturated rings. The predicted molar refractivity (Wildman–Crippen MR) is 185 cm³/mol. The maximum atomic E-state index is 13.5. The standard InChI is InChI=1S/C40H24Cl2O4/c41-33-17-9-7-15-29(33)37-23-25(21-35(45-37)27-11-3-1-4-12-27)19-31-39(43)32(40(31)44)20-26-22-36(28-13-5-2-6-14-28)46-38(24-26)30-16-8-10-18-34(30)42/h1-24H/p+1. The van der Waals surface area contributed by atoms with Crippen molar-refractivity contribution in [1.29, 1.82) is 0 Å². The summed E-state index contributed by atoms with van der Waals surface area (Å²) in [5.41, 5.74) is 4.93. The van der Waals surface area contributed by atoms with Gasteiger partial charge in [0.25, 0.3) is 0 Å². The third-order valence-corrected chi connectivity index (χ3v) is 8.31. The molecule has 1 aromatic heterocycles. The number of rotatable bonds is 6. The second-order valence-electron chi connectivity index (χ2n) is 10.7. The molecule has 0 spiro atoms. The van der Waals surface area contributed by atoms with Crippen LogP contribution in [0.4, 0.5) is 0 Å². The van der Waals surface area contributed by atoms with Gasteiger partial charge in [0.2, 0.25) is 5.78 Å². The van der Waals surface area contributed by atoms with E-state index in [1.807, 2.05) is 121 Å². The van der Waals surface area contributed by atoms with E-state index in [0.717, 1.165) is 11.1 Å². The van der Waals surface area contributed by atoms with Gasteiger partial charge in [0.05, 0.1) is 44.5 Å². The van der Waals surface area contributed by atoms with Gasteiger partial charge in [-0.25, -0.2) is 4.42 Å². The lowest BCUT2D eigenvalue weighted by molar-refractivity contribution is -0.113. The number of carbonyl (C=O) groups excluding carboxylic acids is 1. The van der Waals surface area contributed by atoms with E-state index in [1.54, 1.807) is 24.3 Å². The third-order valence-electron chi connectivity index (χ3n) is 7.65. The molecule has 0 radical (unpaired) electrons. The van der Waals surface area contributed by atoms with Crippen LogP contribution in [-0.2, 0) is 9.53 Å². The lowest BCUT2D eigenvalue weighted by Gasteiger charge is -2.22. The van der Waals surface area contributed by atoms with Gasteiger partial charge in [-0.05, 0) is 71.8 Å². The highest BCUT2D eigenvalue weighted by molar-refractivity contribution is 6.33. The van der Waals surface area contributed by atoms with Crippen molar-refractivity contribution >= 4 is 46.6 Å². The summed E-state index contributed by atoms with van der Waals surface area (Å²) in [5, 5.41) is 12.2. The molecule has 46 heavy (non-hydrogen) atoms. The number of ether oxygens (including phenoxy) is 1. The number of aliphatic hydroxyl groups is 1. The molecule has 0 bridgehead atoms. The van der Waals surface area contributed by atoms with Gasteiger partial charge in [0.1, 0.15) is 17.3 Å². The number of carbonyl (C=O) groups is 1. The number of allylic oxidation sites excluding steroid dienone is 6. The van der Waals surface area contributed by atoms with E-state index >= 15 is 0 Å². The van der Waals surface area contributed by atoms with Gasteiger partial charge < -0.3 is 9.84 Å². The lowest BCUT2D eigenvalue weighted by atomic mass is 9.85. The van der Waals surface area contributed by atoms with Crippen LogP contribution in [0.1, 0.15) is 16.7 Å². The fourth-order valence-electron chi connectivity index (χ4n) is 5.33. The Morgan fingerprint density at radius 3 is 1.85 bits per heavy atom. The SMILES string of the molecule is O=C1C(=Cc2cc(-c3ccccc3)[o+]c(-c3ccccc3Cl)c2)C(O)=C1C=C1C=C(c2ccccc2)OC(c2ccccc2Cl)=C1. The van der Waals surface area contributed by atoms with E-state index < -0.39 is 0 Å². The minimum atomic E-state index is -0.278. The highest BCUT2D eigenvalue weighted by atomic mass is 35.5. The van der Waals surface area contributed by atoms with Crippen molar-refractivity contribution in [3.8, 4) is 22.6 Å². The van der Waals surface area contributed by atoms with Crippen molar-refractivity contribution in [2.24, 2.45) is 0 Å². The minimum Gasteiger partial charge on any atom is -0.506 e. The van der Waals surface area contributed by atoms with Gasteiger partial charge in [0, 0.05) is 11.1 Å². The Morgan fingerprint density at radius 1 is 0.630 bits per heavy atom. The average Bonchev–Trinajstić information content (AvgIpc) is 3.10. The molecule has 2 heterocycles. The molecule has 0 atom stereocenters. The van der Waals surface area contributed by atoms with E-state index in [9.17, 15) is 9.90 Å². The molecule has 2 aliphatic rings. The molecule has 0 saturated heterocycles. The first kappa shape index (κ1) is 29.3. The minimum absolute atomic E-state index is 0.0901. The Labute approximate surface area is 276 Å². The summed E-state index contributed by atoms with van der Waals surface area (Å²) in [6.45, 7) is 0. The maximum absolute atomic E-state index is 13.5. The zero-order valence-corrected chi connectivity index (χ0v) is 25.8. The number of Topliss-reactive ketones (excluding diaryl/α,β-unsaturated/α-hetero) is 1. The monoisotopic (exact) mass is 639 g/mol. The zero-order valence-electron chi connectivity index (χ0n) is 24.3. The third kappa shape index (κ3) is 5.84. The van der Waals surface area contributed by atoms with Gasteiger partial charge in [-0.3, -0.25) is 4.79 Å². The summed E-state index contributed by atoms with van der Waals surface area (Å²) in [7, 11) is 0. The number of benzene rings is 4. The Bertz CT molecular complexity index is 2160. The highest BCUT2D eigenvalue weighted by Gasteiger charge is 2.33. The fraction of sp³-hybridized carbons (Fsp3) is 0. The van der Waals surface area contributed by atoms with E-state index in [2.05, 4.69) is 0 Å². The van der Waals surface area contributed by atoms with Gasteiger partial charge in [-0.1, -0.05) is 96.0 Å². The van der Waals surface area contributed by atoms with Crippen LogP contribution in [-0.4, -0.2) is 10.9 Å². The Balaban J connectivity index is 1.29. The number of ketones is 1.